The Kier molecular flexibility index (Phi) is 7.45. The van der Waals surface area contributed by atoms with E-state index in [9.17, 15) is 9.59 Å². The highest BCUT2D eigenvalue weighted by molar-refractivity contribution is 8.01. The van der Waals surface area contributed by atoms with Gasteiger partial charge in [0.1, 0.15) is 5.75 Å². The first-order chi connectivity index (χ1) is 14.0. The molecule has 1 aromatic heterocycles. The number of anilines is 1. The Morgan fingerprint density at radius 2 is 1.90 bits per heavy atom. The van der Waals surface area contributed by atoms with E-state index < -0.39 is 0 Å². The van der Waals surface area contributed by atoms with E-state index in [0.717, 1.165) is 16.9 Å². The van der Waals surface area contributed by atoms with Crippen LogP contribution in [0.5, 0.6) is 5.75 Å². The lowest BCUT2D eigenvalue weighted by Crippen LogP contribution is -2.24. The quantitative estimate of drug-likeness (QED) is 0.508. The Morgan fingerprint density at radius 1 is 1.14 bits per heavy atom. The van der Waals surface area contributed by atoms with Crippen molar-refractivity contribution < 1.29 is 14.3 Å². The van der Waals surface area contributed by atoms with E-state index in [1.165, 1.54) is 11.8 Å². The molecule has 2 amide bonds. The fourth-order valence-electron chi connectivity index (χ4n) is 2.23. The lowest BCUT2D eigenvalue weighted by molar-refractivity contribution is -0.118. The van der Waals surface area contributed by atoms with Gasteiger partial charge >= 0.3 is 0 Å². The number of thioether (sulfide) groups is 1. The molecule has 0 radical (unpaired) electrons. The first-order valence-corrected chi connectivity index (χ1v) is 10.6. The second-order valence-corrected chi connectivity index (χ2v) is 8.32. The van der Waals surface area contributed by atoms with E-state index in [-0.39, 0.29) is 22.6 Å². The summed E-state index contributed by atoms with van der Waals surface area (Å²) < 4.78 is 5.62. The Balaban J connectivity index is 1.47. The Hall–Kier alpha value is -2.62. The van der Waals surface area contributed by atoms with Crippen molar-refractivity contribution in [3.8, 4) is 5.75 Å². The van der Waals surface area contributed by atoms with Crippen molar-refractivity contribution in [1.29, 1.82) is 0 Å². The van der Waals surface area contributed by atoms with Crippen LogP contribution in [0.3, 0.4) is 0 Å². The van der Waals surface area contributed by atoms with Gasteiger partial charge < -0.3 is 15.4 Å². The van der Waals surface area contributed by atoms with Gasteiger partial charge in [-0.2, -0.15) is 0 Å². The number of aromatic nitrogens is 2. The molecule has 0 spiro atoms. The molecule has 0 aliphatic rings. The van der Waals surface area contributed by atoms with E-state index in [1.54, 1.807) is 37.4 Å². The highest BCUT2D eigenvalue weighted by Crippen LogP contribution is 2.23. The molecule has 0 fully saturated rings. The van der Waals surface area contributed by atoms with Crippen molar-refractivity contribution in [3.05, 3.63) is 64.1 Å². The molecule has 0 aliphatic heterocycles. The van der Waals surface area contributed by atoms with E-state index in [2.05, 4.69) is 20.8 Å². The van der Waals surface area contributed by atoms with Crippen LogP contribution in [-0.2, 0) is 11.3 Å². The molecule has 0 bridgehead atoms. The highest BCUT2D eigenvalue weighted by Gasteiger charge is 2.14. The molecule has 29 heavy (non-hydrogen) atoms. The molecule has 0 aliphatic carbocycles. The lowest BCUT2D eigenvalue weighted by atomic mass is 10.2. The number of hydrogen-bond acceptors (Lipinski definition) is 7. The molecule has 0 saturated heterocycles. The van der Waals surface area contributed by atoms with Gasteiger partial charge in [-0.05, 0) is 35.9 Å². The lowest BCUT2D eigenvalue weighted by Gasteiger charge is -2.06. The topological polar surface area (TPSA) is 93.2 Å². The molecule has 3 aromatic rings. The molecule has 0 saturated carbocycles. The molecule has 1 heterocycles. The van der Waals surface area contributed by atoms with Gasteiger partial charge in [-0.25, -0.2) is 0 Å². The van der Waals surface area contributed by atoms with Gasteiger partial charge in [0.25, 0.3) is 5.91 Å². The van der Waals surface area contributed by atoms with Crippen molar-refractivity contribution >= 4 is 52.2 Å². The standard InChI is InChI=1S/C19H17ClN4O3S2/c1-27-14-8-6-13(7-9-14)22-17(26)18-23-24-19(29-18)28-11-16(25)21-10-12-4-2-3-5-15(12)20/h2-9H,10-11H2,1H3,(H,21,25)(H,22,26). The zero-order chi connectivity index (χ0) is 20.6. The van der Waals surface area contributed by atoms with Crippen molar-refractivity contribution in [2.24, 2.45) is 0 Å². The maximum Gasteiger partial charge on any atom is 0.286 e. The summed E-state index contributed by atoms with van der Waals surface area (Å²) in [5, 5.41) is 14.2. The highest BCUT2D eigenvalue weighted by atomic mass is 35.5. The monoisotopic (exact) mass is 448 g/mol. The van der Waals surface area contributed by atoms with Gasteiger partial charge in [-0.1, -0.05) is 52.9 Å². The van der Waals surface area contributed by atoms with Crippen LogP contribution >= 0.6 is 34.7 Å². The number of nitrogens with zero attached hydrogens (tertiary/aromatic N) is 2. The van der Waals surface area contributed by atoms with Gasteiger partial charge in [-0.3, -0.25) is 9.59 Å². The van der Waals surface area contributed by atoms with Crippen LogP contribution in [0.4, 0.5) is 5.69 Å². The van der Waals surface area contributed by atoms with Gasteiger partial charge in [0.15, 0.2) is 4.34 Å². The molecule has 3 rings (SSSR count). The predicted molar refractivity (Wildman–Crippen MR) is 115 cm³/mol. The van der Waals surface area contributed by atoms with E-state index in [0.29, 0.717) is 27.3 Å². The fourth-order valence-corrected chi connectivity index (χ4v) is 4.01. The number of ether oxygens (including phenoxy) is 1. The summed E-state index contributed by atoms with van der Waals surface area (Å²) in [4.78, 5) is 24.3. The summed E-state index contributed by atoms with van der Waals surface area (Å²) in [7, 11) is 1.57. The number of benzene rings is 2. The third-order valence-corrected chi connectivity index (χ3v) is 6.13. The molecule has 150 valence electrons. The summed E-state index contributed by atoms with van der Waals surface area (Å²) in [5.74, 6) is 0.349. The first kappa shape index (κ1) is 21.1. The normalized spacial score (nSPS) is 10.4. The number of carbonyl (C=O) groups is 2. The predicted octanol–water partition coefficient (Wildman–Crippen LogP) is 3.86. The van der Waals surface area contributed by atoms with Crippen molar-refractivity contribution in [2.75, 3.05) is 18.2 Å². The van der Waals surface area contributed by atoms with Crippen molar-refractivity contribution in [2.45, 2.75) is 10.9 Å². The summed E-state index contributed by atoms with van der Waals surface area (Å²) in [5.41, 5.74) is 1.47. The zero-order valence-corrected chi connectivity index (χ0v) is 17.7. The summed E-state index contributed by atoms with van der Waals surface area (Å²) in [6.45, 7) is 0.352. The number of nitrogens with one attached hydrogen (secondary N) is 2. The summed E-state index contributed by atoms with van der Waals surface area (Å²) in [6, 6.07) is 14.3. The number of amides is 2. The maximum atomic E-state index is 12.3. The number of halogens is 1. The minimum absolute atomic E-state index is 0.158. The number of methoxy groups -OCH3 is 1. The molecule has 0 unspecified atom stereocenters. The number of rotatable bonds is 8. The third kappa shape index (κ3) is 6.18. The molecule has 2 N–H and O–H groups in total. The maximum absolute atomic E-state index is 12.3. The molecule has 7 nitrogen and oxygen atoms in total. The minimum Gasteiger partial charge on any atom is -0.497 e. The molecular formula is C19H17ClN4O3S2. The molecule has 2 aromatic carbocycles. The number of hydrogen-bond donors (Lipinski definition) is 2. The van der Waals surface area contributed by atoms with Crippen LogP contribution in [0.25, 0.3) is 0 Å². The molecule has 10 heteroatoms. The largest absolute Gasteiger partial charge is 0.497 e. The van der Waals surface area contributed by atoms with E-state index >= 15 is 0 Å². The second kappa shape index (κ2) is 10.2. The second-order valence-electron chi connectivity index (χ2n) is 5.71. The minimum atomic E-state index is -0.359. The first-order valence-electron chi connectivity index (χ1n) is 8.47. The van der Waals surface area contributed by atoms with Crippen LogP contribution in [-0.4, -0.2) is 34.9 Å². The van der Waals surface area contributed by atoms with Gasteiger partial charge in [0, 0.05) is 17.3 Å². The van der Waals surface area contributed by atoms with Gasteiger partial charge in [-0.15, -0.1) is 10.2 Å². The third-order valence-electron chi connectivity index (χ3n) is 3.71. The molecule has 0 atom stereocenters. The Morgan fingerprint density at radius 3 is 2.62 bits per heavy atom. The smallest absolute Gasteiger partial charge is 0.286 e. The Labute approximate surface area is 180 Å². The van der Waals surface area contributed by atoms with E-state index in [4.69, 9.17) is 16.3 Å². The van der Waals surface area contributed by atoms with Crippen LogP contribution in [0, 0.1) is 0 Å². The van der Waals surface area contributed by atoms with Crippen LogP contribution < -0.4 is 15.4 Å². The van der Waals surface area contributed by atoms with E-state index in [1.807, 2.05) is 18.2 Å². The van der Waals surface area contributed by atoms with Gasteiger partial charge in [0.05, 0.1) is 12.9 Å². The van der Waals surface area contributed by atoms with Crippen molar-refractivity contribution in [1.82, 2.24) is 15.5 Å². The number of carbonyl (C=O) groups excluding carboxylic acids is 2. The average Bonchev–Trinajstić information content (AvgIpc) is 3.21. The van der Waals surface area contributed by atoms with Crippen molar-refractivity contribution in [3.63, 3.8) is 0 Å². The fraction of sp³-hybridized carbons (Fsp3) is 0.158. The summed E-state index contributed by atoms with van der Waals surface area (Å²) in [6.07, 6.45) is 0. The SMILES string of the molecule is COc1ccc(NC(=O)c2nnc(SCC(=O)NCc3ccccc3Cl)s2)cc1. The van der Waals surface area contributed by atoms with Crippen LogP contribution in [0.2, 0.25) is 5.02 Å². The van der Waals surface area contributed by atoms with Crippen LogP contribution in [0.1, 0.15) is 15.4 Å². The average molecular weight is 449 g/mol. The van der Waals surface area contributed by atoms with Crippen LogP contribution in [0.15, 0.2) is 52.9 Å². The Bertz CT molecular complexity index is 995. The van der Waals surface area contributed by atoms with Gasteiger partial charge in [0.2, 0.25) is 10.9 Å². The summed E-state index contributed by atoms with van der Waals surface area (Å²) >= 11 is 8.42. The zero-order valence-electron chi connectivity index (χ0n) is 15.3. The molecular weight excluding hydrogens is 432 g/mol.